The Morgan fingerprint density at radius 2 is 2.10 bits per heavy atom. The lowest BCUT2D eigenvalue weighted by Crippen LogP contribution is -2.27. The van der Waals surface area contributed by atoms with Gasteiger partial charge in [-0.2, -0.15) is 0 Å². The molecule has 1 aromatic carbocycles. The smallest absolute Gasteiger partial charge is 0.412 e. The van der Waals surface area contributed by atoms with Gasteiger partial charge in [-0.15, -0.1) is 0 Å². The van der Waals surface area contributed by atoms with Crippen LogP contribution in [-0.4, -0.2) is 22.9 Å². The van der Waals surface area contributed by atoms with Crippen LogP contribution in [0.1, 0.15) is 39.7 Å². The van der Waals surface area contributed by atoms with E-state index in [9.17, 15) is 9.90 Å². The second kappa shape index (κ2) is 6.95. The first-order chi connectivity index (χ1) is 9.17. The predicted octanol–water partition coefficient (Wildman–Crippen LogP) is 4.00. The van der Waals surface area contributed by atoms with Crippen molar-refractivity contribution in [1.82, 2.24) is 0 Å². The Hall–Kier alpha value is -1.26. The Morgan fingerprint density at radius 3 is 2.65 bits per heavy atom. The second-order valence-corrected chi connectivity index (χ2v) is 6.25. The normalized spacial score (nSPS) is 12.9. The van der Waals surface area contributed by atoms with Crippen molar-refractivity contribution in [3.8, 4) is 0 Å². The van der Waals surface area contributed by atoms with Gasteiger partial charge in [0, 0.05) is 10.7 Å². The van der Waals surface area contributed by atoms with E-state index in [4.69, 9.17) is 16.3 Å². The number of aryl methyl sites for hydroxylation is 1. The van der Waals surface area contributed by atoms with E-state index in [0.29, 0.717) is 23.6 Å². The number of carbonyl (C=O) groups excluding carboxylic acids is 1. The van der Waals surface area contributed by atoms with E-state index in [-0.39, 0.29) is 6.10 Å². The number of anilines is 1. The lowest BCUT2D eigenvalue weighted by atomic mass is 10.1. The van der Waals surface area contributed by atoms with Crippen molar-refractivity contribution in [1.29, 1.82) is 0 Å². The third-order valence-corrected chi connectivity index (χ3v) is 2.77. The van der Waals surface area contributed by atoms with Gasteiger partial charge in [-0.25, -0.2) is 4.79 Å². The molecule has 0 fully saturated rings. The molecule has 0 bridgehead atoms. The van der Waals surface area contributed by atoms with E-state index in [1.54, 1.807) is 39.8 Å². The summed E-state index contributed by atoms with van der Waals surface area (Å²) in [4.78, 5) is 11.8. The number of amides is 1. The number of carbonyl (C=O) groups is 1. The first-order valence-electron chi connectivity index (χ1n) is 6.64. The summed E-state index contributed by atoms with van der Waals surface area (Å²) in [5.41, 5.74) is 0.983. The molecule has 0 unspecified atom stereocenters. The van der Waals surface area contributed by atoms with Crippen LogP contribution >= 0.6 is 11.6 Å². The molecule has 0 aromatic heterocycles. The van der Waals surface area contributed by atoms with Crippen LogP contribution in [-0.2, 0) is 11.2 Å². The minimum Gasteiger partial charge on any atom is -0.444 e. The average molecular weight is 300 g/mol. The Bertz CT molecular complexity index is 467. The largest absolute Gasteiger partial charge is 0.444 e. The van der Waals surface area contributed by atoms with E-state index in [1.807, 2.05) is 6.07 Å². The minimum atomic E-state index is -0.553. The average Bonchev–Trinajstić information content (AvgIpc) is 2.24. The molecule has 2 N–H and O–H groups in total. The molecule has 20 heavy (non-hydrogen) atoms. The van der Waals surface area contributed by atoms with Gasteiger partial charge in [-0.3, -0.25) is 5.32 Å². The summed E-state index contributed by atoms with van der Waals surface area (Å²) in [6.45, 7) is 7.15. The van der Waals surface area contributed by atoms with Gasteiger partial charge in [0.1, 0.15) is 5.60 Å². The van der Waals surface area contributed by atoms with Gasteiger partial charge in [0.05, 0.1) is 6.10 Å². The lowest BCUT2D eigenvalue weighted by Gasteiger charge is -2.20. The molecule has 1 aromatic rings. The highest BCUT2D eigenvalue weighted by molar-refractivity contribution is 6.31. The zero-order valence-electron chi connectivity index (χ0n) is 12.4. The van der Waals surface area contributed by atoms with Crippen LogP contribution in [0, 0.1) is 0 Å². The number of ether oxygens (including phenoxy) is 1. The molecule has 1 atom stereocenters. The van der Waals surface area contributed by atoms with Gasteiger partial charge < -0.3 is 9.84 Å². The van der Waals surface area contributed by atoms with Crippen molar-refractivity contribution >= 4 is 23.4 Å². The Labute approximate surface area is 125 Å². The molecule has 112 valence electrons. The summed E-state index contributed by atoms with van der Waals surface area (Å²) in [7, 11) is 0. The number of aliphatic hydroxyl groups excluding tert-OH is 1. The second-order valence-electron chi connectivity index (χ2n) is 5.82. The van der Waals surface area contributed by atoms with Gasteiger partial charge >= 0.3 is 6.09 Å². The summed E-state index contributed by atoms with van der Waals surface area (Å²) in [5.74, 6) is 0. The lowest BCUT2D eigenvalue weighted by molar-refractivity contribution is 0.0636. The fourth-order valence-electron chi connectivity index (χ4n) is 1.66. The molecule has 0 aliphatic carbocycles. The van der Waals surface area contributed by atoms with Crippen LogP contribution in [0.5, 0.6) is 0 Å². The predicted molar refractivity (Wildman–Crippen MR) is 81.3 cm³/mol. The van der Waals surface area contributed by atoms with Crippen molar-refractivity contribution in [2.75, 3.05) is 5.32 Å². The first kappa shape index (κ1) is 16.8. The highest BCUT2D eigenvalue weighted by Gasteiger charge is 2.17. The number of aliphatic hydroxyl groups is 1. The molecule has 0 aliphatic heterocycles. The quantitative estimate of drug-likeness (QED) is 0.883. The van der Waals surface area contributed by atoms with Crippen LogP contribution in [0.2, 0.25) is 5.02 Å². The van der Waals surface area contributed by atoms with Gasteiger partial charge in [0.15, 0.2) is 0 Å². The zero-order valence-corrected chi connectivity index (χ0v) is 13.1. The van der Waals surface area contributed by atoms with E-state index >= 15 is 0 Å². The van der Waals surface area contributed by atoms with Crippen molar-refractivity contribution in [3.05, 3.63) is 28.8 Å². The van der Waals surface area contributed by atoms with Crippen LogP contribution < -0.4 is 5.32 Å². The molecular formula is C15H22ClNO3. The fraction of sp³-hybridized carbons (Fsp3) is 0.533. The first-order valence-corrected chi connectivity index (χ1v) is 7.01. The Kier molecular flexibility index (Phi) is 5.84. The maximum Gasteiger partial charge on any atom is 0.412 e. The van der Waals surface area contributed by atoms with Gasteiger partial charge in [-0.05, 0) is 58.2 Å². The summed E-state index contributed by atoms with van der Waals surface area (Å²) >= 11 is 5.95. The molecule has 0 radical (unpaired) electrons. The molecule has 5 heteroatoms. The Morgan fingerprint density at radius 1 is 1.45 bits per heavy atom. The molecule has 1 rings (SSSR count). The van der Waals surface area contributed by atoms with Gasteiger partial charge in [0.25, 0.3) is 0 Å². The summed E-state index contributed by atoms with van der Waals surface area (Å²) in [6, 6.07) is 5.29. The summed E-state index contributed by atoms with van der Waals surface area (Å²) in [6.07, 6.45) is 0.364. The van der Waals surface area contributed by atoms with Crippen LogP contribution in [0.3, 0.4) is 0 Å². The van der Waals surface area contributed by atoms with Crippen molar-refractivity contribution < 1.29 is 14.6 Å². The zero-order chi connectivity index (χ0) is 15.3. The standard InChI is InChI=1S/C15H22ClNO3/c1-10(18)5-6-11-7-8-12(16)9-13(11)17-14(19)20-15(2,3)4/h7-10,18H,5-6H2,1-4H3,(H,17,19)/t10-/m1/s1. The third-order valence-electron chi connectivity index (χ3n) is 2.54. The van der Waals surface area contributed by atoms with Crippen LogP contribution in [0.15, 0.2) is 18.2 Å². The maximum absolute atomic E-state index is 11.8. The summed E-state index contributed by atoms with van der Waals surface area (Å²) < 4.78 is 5.22. The molecule has 0 saturated heterocycles. The summed E-state index contributed by atoms with van der Waals surface area (Å²) in [5, 5.41) is 12.6. The number of hydrogen-bond acceptors (Lipinski definition) is 3. The number of benzene rings is 1. The monoisotopic (exact) mass is 299 g/mol. The van der Waals surface area contributed by atoms with Gasteiger partial charge in [0.2, 0.25) is 0 Å². The highest BCUT2D eigenvalue weighted by Crippen LogP contribution is 2.23. The van der Waals surface area contributed by atoms with Crippen molar-refractivity contribution in [2.24, 2.45) is 0 Å². The molecule has 4 nitrogen and oxygen atoms in total. The number of rotatable bonds is 4. The number of halogens is 1. The maximum atomic E-state index is 11.8. The van der Waals surface area contributed by atoms with E-state index < -0.39 is 11.7 Å². The molecule has 0 aliphatic rings. The fourth-order valence-corrected chi connectivity index (χ4v) is 1.83. The molecule has 0 heterocycles. The molecule has 0 saturated carbocycles. The molecule has 1 amide bonds. The number of hydrogen-bond donors (Lipinski definition) is 2. The highest BCUT2D eigenvalue weighted by atomic mass is 35.5. The number of nitrogens with one attached hydrogen (secondary N) is 1. The van der Waals surface area contributed by atoms with Crippen LogP contribution in [0.4, 0.5) is 10.5 Å². The van der Waals surface area contributed by atoms with E-state index in [2.05, 4.69) is 5.32 Å². The van der Waals surface area contributed by atoms with E-state index in [1.165, 1.54) is 0 Å². The van der Waals surface area contributed by atoms with Crippen LogP contribution in [0.25, 0.3) is 0 Å². The van der Waals surface area contributed by atoms with Crippen molar-refractivity contribution in [3.63, 3.8) is 0 Å². The van der Waals surface area contributed by atoms with E-state index in [0.717, 1.165) is 5.56 Å². The SMILES string of the molecule is C[C@@H](O)CCc1ccc(Cl)cc1NC(=O)OC(C)(C)C. The molecule has 0 spiro atoms. The third kappa shape index (κ3) is 6.26. The Balaban J connectivity index is 2.81. The minimum absolute atomic E-state index is 0.389. The topological polar surface area (TPSA) is 58.6 Å². The van der Waals surface area contributed by atoms with Gasteiger partial charge in [-0.1, -0.05) is 17.7 Å². The van der Waals surface area contributed by atoms with Crippen molar-refractivity contribution in [2.45, 2.75) is 52.2 Å². The molecular weight excluding hydrogens is 278 g/mol.